The molecule has 0 unspecified atom stereocenters. The molecule has 1 saturated heterocycles. The Morgan fingerprint density at radius 2 is 1.68 bits per heavy atom. The van der Waals surface area contributed by atoms with E-state index in [2.05, 4.69) is 0 Å². The van der Waals surface area contributed by atoms with Crippen LogP contribution in [0.3, 0.4) is 0 Å². The van der Waals surface area contributed by atoms with Gasteiger partial charge in [-0.1, -0.05) is 0 Å². The van der Waals surface area contributed by atoms with E-state index in [-0.39, 0.29) is 17.5 Å². The molecule has 0 aliphatic carbocycles. The zero-order valence-corrected chi connectivity index (χ0v) is 10.3. The maximum atomic E-state index is 12.4. The van der Waals surface area contributed by atoms with Crippen LogP contribution >= 0.6 is 0 Å². The van der Waals surface area contributed by atoms with Gasteiger partial charge >= 0.3 is 6.18 Å². The summed E-state index contributed by atoms with van der Waals surface area (Å²) in [5.74, 6) is -0.236. The lowest BCUT2D eigenvalue weighted by atomic mass is 10.0. The monoisotopic (exact) mass is 272 g/mol. The van der Waals surface area contributed by atoms with Crippen molar-refractivity contribution in [3.63, 3.8) is 0 Å². The van der Waals surface area contributed by atoms with Crippen molar-refractivity contribution in [2.45, 2.75) is 25.1 Å². The van der Waals surface area contributed by atoms with Crippen molar-refractivity contribution >= 4 is 5.91 Å². The quantitative estimate of drug-likeness (QED) is 0.852. The third kappa shape index (κ3) is 3.26. The average molecular weight is 272 g/mol. The fourth-order valence-corrected chi connectivity index (χ4v) is 2.09. The van der Waals surface area contributed by atoms with Crippen LogP contribution in [0.4, 0.5) is 13.2 Å². The Balaban J connectivity index is 2.08. The summed E-state index contributed by atoms with van der Waals surface area (Å²) >= 11 is 0. The number of nitrogens with zero attached hydrogens (tertiary/aromatic N) is 1. The fourth-order valence-electron chi connectivity index (χ4n) is 2.09. The van der Waals surface area contributed by atoms with Crippen LogP contribution in [0.1, 0.15) is 28.8 Å². The number of hydrogen-bond donors (Lipinski definition) is 1. The number of carbonyl (C=O) groups is 1. The van der Waals surface area contributed by atoms with Crippen molar-refractivity contribution in [1.29, 1.82) is 0 Å². The van der Waals surface area contributed by atoms with Crippen molar-refractivity contribution in [3.05, 3.63) is 35.4 Å². The number of alkyl halides is 3. The van der Waals surface area contributed by atoms with Crippen LogP contribution in [0.2, 0.25) is 0 Å². The normalized spacial score (nSPS) is 17.6. The molecule has 0 bridgehead atoms. The fraction of sp³-hybridized carbons (Fsp3) is 0.462. The summed E-state index contributed by atoms with van der Waals surface area (Å²) in [7, 11) is 0. The van der Waals surface area contributed by atoms with E-state index in [9.17, 15) is 18.0 Å². The molecule has 0 spiro atoms. The minimum Gasteiger partial charge on any atom is -0.339 e. The van der Waals surface area contributed by atoms with Crippen LogP contribution in [0.15, 0.2) is 24.3 Å². The molecule has 1 aliphatic heterocycles. The zero-order chi connectivity index (χ0) is 14.0. The lowest BCUT2D eigenvalue weighted by molar-refractivity contribution is -0.137. The first-order chi connectivity index (χ1) is 8.88. The topological polar surface area (TPSA) is 46.3 Å². The summed E-state index contributed by atoms with van der Waals surface area (Å²) in [5, 5.41) is 0. The molecule has 2 N–H and O–H groups in total. The maximum Gasteiger partial charge on any atom is 0.416 e. The predicted molar refractivity (Wildman–Crippen MR) is 64.6 cm³/mol. The molecule has 0 radical (unpaired) electrons. The van der Waals surface area contributed by atoms with E-state index >= 15 is 0 Å². The van der Waals surface area contributed by atoms with Gasteiger partial charge in [0.05, 0.1) is 5.56 Å². The molecule has 1 aliphatic rings. The standard InChI is InChI=1S/C13H15F3N2O/c14-13(15,16)10-3-1-9(2-4-10)12(19)18-7-5-11(17)6-8-18/h1-4,11H,5-8,17H2. The molecule has 0 saturated carbocycles. The lowest BCUT2D eigenvalue weighted by Gasteiger charge is -2.30. The summed E-state index contributed by atoms with van der Waals surface area (Å²) in [4.78, 5) is 13.7. The molecule has 1 amide bonds. The molecule has 1 aromatic carbocycles. The highest BCUT2D eigenvalue weighted by atomic mass is 19.4. The number of nitrogens with two attached hydrogens (primary N) is 1. The average Bonchev–Trinajstić information content (AvgIpc) is 2.38. The van der Waals surface area contributed by atoms with Crippen molar-refractivity contribution in [1.82, 2.24) is 4.90 Å². The highest BCUT2D eigenvalue weighted by Gasteiger charge is 2.30. The van der Waals surface area contributed by atoms with Crippen LogP contribution in [-0.2, 0) is 6.18 Å². The van der Waals surface area contributed by atoms with Gasteiger partial charge in [-0.2, -0.15) is 13.2 Å². The highest BCUT2D eigenvalue weighted by Crippen LogP contribution is 2.29. The van der Waals surface area contributed by atoms with Gasteiger partial charge in [0.2, 0.25) is 0 Å². The molecule has 6 heteroatoms. The van der Waals surface area contributed by atoms with Crippen molar-refractivity contribution in [3.8, 4) is 0 Å². The zero-order valence-electron chi connectivity index (χ0n) is 10.3. The summed E-state index contributed by atoms with van der Waals surface area (Å²) in [6, 6.07) is 4.42. The van der Waals surface area contributed by atoms with Crippen LogP contribution in [-0.4, -0.2) is 29.9 Å². The first-order valence-corrected chi connectivity index (χ1v) is 6.10. The molecule has 0 aromatic heterocycles. The minimum absolute atomic E-state index is 0.108. The maximum absolute atomic E-state index is 12.4. The van der Waals surface area contributed by atoms with Gasteiger partial charge < -0.3 is 10.6 Å². The number of amides is 1. The van der Waals surface area contributed by atoms with Gasteiger partial charge in [0.1, 0.15) is 0 Å². The number of rotatable bonds is 1. The number of piperidine rings is 1. The van der Waals surface area contributed by atoms with Crippen LogP contribution in [0.5, 0.6) is 0 Å². The van der Waals surface area contributed by atoms with Gasteiger partial charge in [-0.05, 0) is 37.1 Å². The Kier molecular flexibility index (Phi) is 3.80. The number of carbonyl (C=O) groups excluding carboxylic acids is 1. The summed E-state index contributed by atoms with van der Waals surface area (Å²) < 4.78 is 37.2. The molecular weight excluding hydrogens is 257 g/mol. The van der Waals surface area contributed by atoms with Gasteiger partial charge in [-0.25, -0.2) is 0 Å². The molecule has 1 aromatic rings. The summed E-state index contributed by atoms with van der Waals surface area (Å²) in [5.41, 5.74) is 5.28. The van der Waals surface area contributed by atoms with E-state index in [0.29, 0.717) is 13.1 Å². The SMILES string of the molecule is NC1CCN(C(=O)c2ccc(C(F)(F)F)cc2)CC1. The van der Waals surface area contributed by atoms with Crippen LogP contribution in [0, 0.1) is 0 Å². The van der Waals surface area contributed by atoms with Gasteiger partial charge in [-0.3, -0.25) is 4.79 Å². The van der Waals surface area contributed by atoms with Crippen molar-refractivity contribution in [2.24, 2.45) is 5.73 Å². The number of benzene rings is 1. The molecule has 1 fully saturated rings. The number of hydrogen-bond acceptors (Lipinski definition) is 2. The second-order valence-corrected chi connectivity index (χ2v) is 4.70. The Hall–Kier alpha value is -1.56. The summed E-state index contributed by atoms with van der Waals surface area (Å²) in [6.45, 7) is 1.11. The molecule has 3 nitrogen and oxygen atoms in total. The van der Waals surface area contributed by atoms with Gasteiger partial charge in [0.25, 0.3) is 5.91 Å². The molecule has 0 atom stereocenters. The van der Waals surface area contributed by atoms with E-state index < -0.39 is 11.7 Å². The predicted octanol–water partition coefficient (Wildman–Crippen LogP) is 2.27. The van der Waals surface area contributed by atoms with Crippen molar-refractivity contribution in [2.75, 3.05) is 13.1 Å². The van der Waals surface area contributed by atoms with E-state index in [1.807, 2.05) is 0 Å². The third-order valence-corrected chi connectivity index (χ3v) is 3.29. The van der Waals surface area contributed by atoms with E-state index in [1.165, 1.54) is 12.1 Å². The molecule has 19 heavy (non-hydrogen) atoms. The minimum atomic E-state index is -4.38. The van der Waals surface area contributed by atoms with Gasteiger partial charge in [-0.15, -0.1) is 0 Å². The second kappa shape index (κ2) is 5.21. The first-order valence-electron chi connectivity index (χ1n) is 6.10. The Labute approximate surface area is 109 Å². The smallest absolute Gasteiger partial charge is 0.339 e. The molecule has 2 rings (SSSR count). The van der Waals surface area contributed by atoms with Gasteiger partial charge in [0.15, 0.2) is 0 Å². The molecular formula is C13H15F3N2O. The first kappa shape index (κ1) is 13.9. The number of halogens is 3. The lowest BCUT2D eigenvalue weighted by Crippen LogP contribution is -2.42. The second-order valence-electron chi connectivity index (χ2n) is 4.70. The largest absolute Gasteiger partial charge is 0.416 e. The van der Waals surface area contributed by atoms with Crippen molar-refractivity contribution < 1.29 is 18.0 Å². The van der Waals surface area contributed by atoms with E-state index in [1.54, 1.807) is 4.90 Å². The Morgan fingerprint density at radius 1 is 1.16 bits per heavy atom. The Morgan fingerprint density at radius 3 is 2.16 bits per heavy atom. The van der Waals surface area contributed by atoms with E-state index in [0.717, 1.165) is 25.0 Å². The summed E-state index contributed by atoms with van der Waals surface area (Å²) in [6.07, 6.45) is -2.92. The van der Waals surface area contributed by atoms with Crippen LogP contribution in [0.25, 0.3) is 0 Å². The molecule has 1 heterocycles. The molecule has 104 valence electrons. The highest BCUT2D eigenvalue weighted by molar-refractivity contribution is 5.94. The Bertz CT molecular complexity index is 448. The van der Waals surface area contributed by atoms with E-state index in [4.69, 9.17) is 5.73 Å². The number of likely N-dealkylation sites (tertiary alicyclic amines) is 1. The third-order valence-electron chi connectivity index (χ3n) is 3.29. The van der Waals surface area contributed by atoms with Gasteiger partial charge in [0, 0.05) is 24.7 Å². The van der Waals surface area contributed by atoms with Crippen LogP contribution < -0.4 is 5.73 Å².